The molecular weight excluding hydrogens is 390 g/mol. The zero-order chi connectivity index (χ0) is 20.2. The SMILES string of the molecule is O=C(NNC(=O)c1cccc(Cl)c1)c1ccc(Cn2nnc3ccccc32)cc1. The van der Waals surface area contributed by atoms with Crippen LogP contribution in [-0.2, 0) is 6.54 Å². The summed E-state index contributed by atoms with van der Waals surface area (Å²) >= 11 is 5.87. The fraction of sp³-hybridized carbons (Fsp3) is 0.0476. The van der Waals surface area contributed by atoms with Gasteiger partial charge in [0.15, 0.2) is 0 Å². The predicted molar refractivity (Wildman–Crippen MR) is 109 cm³/mol. The first kappa shape index (κ1) is 18.6. The van der Waals surface area contributed by atoms with Gasteiger partial charge in [-0.25, -0.2) is 4.68 Å². The molecule has 0 aliphatic heterocycles. The highest BCUT2D eigenvalue weighted by Crippen LogP contribution is 2.13. The second-order valence-electron chi connectivity index (χ2n) is 6.35. The van der Waals surface area contributed by atoms with Gasteiger partial charge in [0.1, 0.15) is 5.52 Å². The van der Waals surface area contributed by atoms with Crippen LogP contribution in [0.25, 0.3) is 11.0 Å². The number of carbonyl (C=O) groups is 2. The second kappa shape index (κ2) is 8.12. The summed E-state index contributed by atoms with van der Waals surface area (Å²) in [5.74, 6) is -0.867. The number of benzene rings is 3. The molecule has 0 unspecified atom stereocenters. The number of amides is 2. The Kier molecular flexibility index (Phi) is 5.22. The number of nitrogens with one attached hydrogen (secondary N) is 2. The van der Waals surface area contributed by atoms with Crippen molar-refractivity contribution in [3.05, 3.63) is 94.5 Å². The minimum absolute atomic E-state index is 0.355. The van der Waals surface area contributed by atoms with Gasteiger partial charge in [-0.2, -0.15) is 0 Å². The lowest BCUT2D eigenvalue weighted by molar-refractivity contribution is 0.0846. The summed E-state index contributed by atoms with van der Waals surface area (Å²) in [6.07, 6.45) is 0. The first-order valence-electron chi connectivity index (χ1n) is 8.83. The average molecular weight is 406 g/mol. The second-order valence-corrected chi connectivity index (χ2v) is 6.79. The molecule has 1 heterocycles. The summed E-state index contributed by atoms with van der Waals surface area (Å²) in [5, 5.41) is 8.74. The highest BCUT2D eigenvalue weighted by Gasteiger charge is 2.10. The van der Waals surface area contributed by atoms with E-state index in [2.05, 4.69) is 21.2 Å². The van der Waals surface area contributed by atoms with Crippen molar-refractivity contribution >= 4 is 34.4 Å². The van der Waals surface area contributed by atoms with Crippen molar-refractivity contribution in [2.75, 3.05) is 0 Å². The van der Waals surface area contributed by atoms with Crippen LogP contribution in [0.1, 0.15) is 26.3 Å². The lowest BCUT2D eigenvalue weighted by Crippen LogP contribution is -2.41. The van der Waals surface area contributed by atoms with Gasteiger partial charge in [-0.15, -0.1) is 5.10 Å². The van der Waals surface area contributed by atoms with E-state index in [1.165, 1.54) is 6.07 Å². The van der Waals surface area contributed by atoms with Gasteiger partial charge in [-0.3, -0.25) is 20.4 Å². The summed E-state index contributed by atoms with van der Waals surface area (Å²) in [6, 6.07) is 21.2. The lowest BCUT2D eigenvalue weighted by Gasteiger charge is -2.08. The van der Waals surface area contributed by atoms with Crippen LogP contribution in [0.4, 0.5) is 0 Å². The van der Waals surface area contributed by atoms with E-state index in [-0.39, 0.29) is 0 Å². The van der Waals surface area contributed by atoms with Crippen LogP contribution in [0, 0.1) is 0 Å². The summed E-state index contributed by atoms with van der Waals surface area (Å²) < 4.78 is 1.80. The Morgan fingerprint density at radius 3 is 2.34 bits per heavy atom. The molecule has 4 aromatic rings. The Labute approximate surface area is 171 Å². The smallest absolute Gasteiger partial charge is 0.267 e. The number of halogens is 1. The molecule has 0 bridgehead atoms. The molecule has 7 nitrogen and oxygen atoms in total. The monoisotopic (exact) mass is 405 g/mol. The Morgan fingerprint density at radius 1 is 0.862 bits per heavy atom. The van der Waals surface area contributed by atoms with Crippen molar-refractivity contribution < 1.29 is 9.59 Å². The molecule has 1 aromatic heterocycles. The van der Waals surface area contributed by atoms with Crippen molar-refractivity contribution in [2.45, 2.75) is 6.54 Å². The van der Waals surface area contributed by atoms with Crippen LogP contribution in [0.5, 0.6) is 0 Å². The number of fused-ring (bicyclic) bond motifs is 1. The van der Waals surface area contributed by atoms with Crippen molar-refractivity contribution in [1.82, 2.24) is 25.8 Å². The van der Waals surface area contributed by atoms with E-state index in [0.717, 1.165) is 16.6 Å². The third-order valence-corrected chi connectivity index (χ3v) is 4.58. The standard InChI is InChI=1S/C21H16ClN5O2/c22-17-5-3-4-16(12-17)21(29)25-24-20(28)15-10-8-14(9-11-15)13-27-19-7-2-1-6-18(19)23-26-27/h1-12H,13H2,(H,24,28)(H,25,29). The van der Waals surface area contributed by atoms with Crippen LogP contribution in [0.2, 0.25) is 5.02 Å². The highest BCUT2D eigenvalue weighted by atomic mass is 35.5. The number of hydrogen-bond acceptors (Lipinski definition) is 4. The summed E-state index contributed by atoms with van der Waals surface area (Å²) in [6.45, 7) is 0.536. The van der Waals surface area contributed by atoms with Gasteiger partial charge in [0, 0.05) is 16.1 Å². The van der Waals surface area contributed by atoms with Crippen LogP contribution >= 0.6 is 11.6 Å². The van der Waals surface area contributed by atoms with E-state index in [0.29, 0.717) is 22.7 Å². The van der Waals surface area contributed by atoms with Crippen molar-refractivity contribution in [1.29, 1.82) is 0 Å². The van der Waals surface area contributed by atoms with E-state index < -0.39 is 11.8 Å². The topological polar surface area (TPSA) is 88.9 Å². The number of nitrogens with zero attached hydrogens (tertiary/aromatic N) is 3. The normalized spacial score (nSPS) is 10.7. The van der Waals surface area contributed by atoms with E-state index in [1.807, 2.05) is 36.4 Å². The van der Waals surface area contributed by atoms with Gasteiger partial charge < -0.3 is 0 Å². The molecule has 3 aromatic carbocycles. The Bertz CT molecular complexity index is 1190. The number of aromatic nitrogens is 3. The van der Waals surface area contributed by atoms with Crippen molar-refractivity contribution in [2.24, 2.45) is 0 Å². The predicted octanol–water partition coefficient (Wildman–Crippen LogP) is 3.21. The maximum Gasteiger partial charge on any atom is 0.269 e. The first-order chi connectivity index (χ1) is 14.1. The Balaban J connectivity index is 1.38. The number of carbonyl (C=O) groups excluding carboxylic acids is 2. The van der Waals surface area contributed by atoms with Gasteiger partial charge >= 0.3 is 0 Å². The summed E-state index contributed by atoms with van der Waals surface area (Å²) in [7, 11) is 0. The van der Waals surface area contributed by atoms with E-state index in [1.54, 1.807) is 35.0 Å². The number of hydrazine groups is 1. The molecule has 29 heavy (non-hydrogen) atoms. The molecule has 0 atom stereocenters. The number of rotatable bonds is 4. The maximum absolute atomic E-state index is 12.3. The number of hydrogen-bond donors (Lipinski definition) is 2. The van der Waals surface area contributed by atoms with E-state index >= 15 is 0 Å². The van der Waals surface area contributed by atoms with Gasteiger partial charge in [0.25, 0.3) is 11.8 Å². The van der Waals surface area contributed by atoms with Crippen LogP contribution in [0.15, 0.2) is 72.8 Å². The molecular formula is C21H16ClN5O2. The van der Waals surface area contributed by atoms with Crippen molar-refractivity contribution in [3.63, 3.8) is 0 Å². The number of para-hydroxylation sites is 1. The Hall–Kier alpha value is -3.71. The molecule has 0 saturated heterocycles. The minimum Gasteiger partial charge on any atom is -0.267 e. The molecule has 8 heteroatoms. The molecule has 0 fully saturated rings. The molecule has 2 N–H and O–H groups in total. The molecule has 0 aliphatic carbocycles. The zero-order valence-corrected chi connectivity index (χ0v) is 15.9. The van der Waals surface area contributed by atoms with Crippen molar-refractivity contribution in [3.8, 4) is 0 Å². The molecule has 0 aliphatic rings. The lowest BCUT2D eigenvalue weighted by atomic mass is 10.1. The van der Waals surface area contributed by atoms with E-state index in [4.69, 9.17) is 11.6 Å². The average Bonchev–Trinajstić information content (AvgIpc) is 3.15. The highest BCUT2D eigenvalue weighted by molar-refractivity contribution is 6.31. The van der Waals surface area contributed by atoms with Gasteiger partial charge in [0.05, 0.1) is 12.1 Å². The van der Waals surface area contributed by atoms with E-state index in [9.17, 15) is 9.59 Å². The molecule has 0 radical (unpaired) electrons. The Morgan fingerprint density at radius 2 is 1.59 bits per heavy atom. The molecule has 4 rings (SSSR count). The van der Waals surface area contributed by atoms with Gasteiger partial charge in [-0.1, -0.05) is 47.1 Å². The quantitative estimate of drug-likeness (QED) is 0.510. The van der Waals surface area contributed by atoms with Crippen LogP contribution in [-0.4, -0.2) is 26.8 Å². The molecule has 0 spiro atoms. The molecule has 2 amide bonds. The summed E-state index contributed by atoms with van der Waals surface area (Å²) in [4.78, 5) is 24.3. The summed E-state index contributed by atoms with van der Waals surface area (Å²) in [5.41, 5.74) is 8.29. The fourth-order valence-electron chi connectivity index (χ4n) is 2.86. The molecule has 0 saturated carbocycles. The van der Waals surface area contributed by atoms with Crippen LogP contribution < -0.4 is 10.9 Å². The maximum atomic E-state index is 12.3. The van der Waals surface area contributed by atoms with Crippen LogP contribution in [0.3, 0.4) is 0 Å². The fourth-order valence-corrected chi connectivity index (χ4v) is 3.05. The zero-order valence-electron chi connectivity index (χ0n) is 15.2. The third kappa shape index (κ3) is 4.25. The first-order valence-corrected chi connectivity index (χ1v) is 9.21. The van der Waals surface area contributed by atoms with Gasteiger partial charge in [0.2, 0.25) is 0 Å². The third-order valence-electron chi connectivity index (χ3n) is 4.35. The van der Waals surface area contributed by atoms with Gasteiger partial charge in [-0.05, 0) is 48.0 Å². The molecule has 144 valence electrons. The largest absolute Gasteiger partial charge is 0.269 e. The minimum atomic E-state index is -0.449.